The summed E-state index contributed by atoms with van der Waals surface area (Å²) in [5, 5.41) is 21.1. The second-order valence-corrected chi connectivity index (χ2v) is 11.4. The number of ether oxygens (including phenoxy) is 1. The van der Waals surface area contributed by atoms with Gasteiger partial charge in [0.2, 0.25) is 0 Å². The lowest BCUT2D eigenvalue weighted by Gasteiger charge is -2.32. The standard InChI is InChI=1S/C23H23ClF3NO6S/c24-16-4-2-12(22(30)28-14-8-17(25)20(27)18(26)9-14)7-19(16)35(32,33)21-13-1-3-15(21)23(31,10-13)11-34-6-5-29/h2,4,7-9,13,15,21,29,31H,1,3,5-6,10-11H2,(H,28,30)/t13?,15?,21-,23+/m1/s1. The van der Waals surface area contributed by atoms with Gasteiger partial charge in [-0.15, -0.1) is 0 Å². The quantitative estimate of drug-likeness (QED) is 0.354. The predicted octanol–water partition coefficient (Wildman–Crippen LogP) is 3.32. The van der Waals surface area contributed by atoms with Crippen LogP contribution in [0.2, 0.25) is 5.02 Å². The van der Waals surface area contributed by atoms with Gasteiger partial charge in [-0.1, -0.05) is 11.6 Å². The third-order valence-electron chi connectivity index (χ3n) is 6.70. The van der Waals surface area contributed by atoms with Gasteiger partial charge in [0.1, 0.15) is 0 Å². The first-order chi connectivity index (χ1) is 16.5. The number of nitrogens with one attached hydrogen (secondary N) is 1. The van der Waals surface area contributed by atoms with Gasteiger partial charge in [0.05, 0.1) is 40.6 Å². The van der Waals surface area contributed by atoms with Gasteiger partial charge in [0.25, 0.3) is 5.91 Å². The minimum Gasteiger partial charge on any atom is -0.394 e. The van der Waals surface area contributed by atoms with Gasteiger partial charge in [0.15, 0.2) is 27.3 Å². The van der Waals surface area contributed by atoms with Crippen LogP contribution in [-0.2, 0) is 14.6 Å². The van der Waals surface area contributed by atoms with E-state index in [9.17, 15) is 31.5 Å². The summed E-state index contributed by atoms with van der Waals surface area (Å²) in [6.45, 7) is -0.322. The van der Waals surface area contributed by atoms with E-state index in [2.05, 4.69) is 5.32 Å². The number of halogens is 4. The lowest BCUT2D eigenvalue weighted by molar-refractivity contribution is -0.0844. The Hall–Kier alpha value is -2.18. The molecule has 0 saturated heterocycles. The summed E-state index contributed by atoms with van der Waals surface area (Å²) in [5.41, 5.74) is -1.87. The number of hydrogen-bond donors (Lipinski definition) is 3. The maximum absolute atomic E-state index is 13.6. The van der Waals surface area contributed by atoms with Crippen molar-refractivity contribution in [1.82, 2.24) is 0 Å². The molecule has 2 aromatic carbocycles. The zero-order valence-corrected chi connectivity index (χ0v) is 19.9. The fourth-order valence-electron chi connectivity index (χ4n) is 5.24. The topological polar surface area (TPSA) is 113 Å². The van der Waals surface area contributed by atoms with Crippen molar-refractivity contribution < 1.29 is 41.3 Å². The molecule has 0 radical (unpaired) electrons. The van der Waals surface area contributed by atoms with Crippen LogP contribution >= 0.6 is 11.6 Å². The summed E-state index contributed by atoms with van der Waals surface area (Å²) < 4.78 is 72.7. The molecule has 2 saturated carbocycles. The predicted molar refractivity (Wildman–Crippen MR) is 120 cm³/mol. The number of hydrogen-bond acceptors (Lipinski definition) is 6. The summed E-state index contributed by atoms with van der Waals surface area (Å²) in [5.74, 6) is -6.51. The average molecular weight is 534 g/mol. The van der Waals surface area contributed by atoms with E-state index < -0.39 is 50.0 Å². The van der Waals surface area contributed by atoms with Crippen molar-refractivity contribution in [2.45, 2.75) is 35.0 Å². The number of carbonyl (C=O) groups is 1. The Morgan fingerprint density at radius 1 is 1.17 bits per heavy atom. The highest BCUT2D eigenvalue weighted by atomic mass is 35.5. The average Bonchev–Trinajstić information content (AvgIpc) is 3.34. The number of fused-ring (bicyclic) bond motifs is 2. The van der Waals surface area contributed by atoms with Gasteiger partial charge in [-0.3, -0.25) is 4.79 Å². The first-order valence-electron chi connectivity index (χ1n) is 10.9. The largest absolute Gasteiger partial charge is 0.394 e. The number of benzene rings is 2. The Kier molecular flexibility index (Phi) is 7.18. The van der Waals surface area contributed by atoms with Gasteiger partial charge in [0, 0.05) is 29.3 Å². The maximum atomic E-state index is 13.6. The van der Waals surface area contributed by atoms with Crippen molar-refractivity contribution >= 4 is 33.0 Å². The Labute approximate surface area is 204 Å². The van der Waals surface area contributed by atoms with Crippen molar-refractivity contribution in [3.8, 4) is 0 Å². The van der Waals surface area contributed by atoms with E-state index >= 15 is 0 Å². The molecule has 0 aromatic heterocycles. The highest BCUT2D eigenvalue weighted by molar-refractivity contribution is 7.92. The van der Waals surface area contributed by atoms with Crippen molar-refractivity contribution in [3.63, 3.8) is 0 Å². The monoisotopic (exact) mass is 533 g/mol. The zero-order chi connectivity index (χ0) is 25.5. The lowest BCUT2D eigenvalue weighted by Crippen LogP contribution is -2.43. The van der Waals surface area contributed by atoms with Gasteiger partial charge >= 0.3 is 0 Å². The third kappa shape index (κ3) is 4.79. The van der Waals surface area contributed by atoms with E-state index in [1.807, 2.05) is 0 Å². The first-order valence-corrected chi connectivity index (χ1v) is 12.8. The summed E-state index contributed by atoms with van der Waals surface area (Å²) in [6, 6.07) is 4.74. The second kappa shape index (κ2) is 9.70. The van der Waals surface area contributed by atoms with Gasteiger partial charge in [-0.05, 0) is 43.4 Å². The molecule has 2 unspecified atom stereocenters. The first kappa shape index (κ1) is 25.9. The number of carbonyl (C=O) groups excluding carboxylic acids is 1. The molecule has 2 aliphatic carbocycles. The summed E-state index contributed by atoms with van der Waals surface area (Å²) in [4.78, 5) is 12.4. The Balaban J connectivity index is 1.60. The molecule has 35 heavy (non-hydrogen) atoms. The van der Waals surface area contributed by atoms with Crippen LogP contribution in [0.15, 0.2) is 35.2 Å². The summed E-state index contributed by atoms with van der Waals surface area (Å²) in [6.07, 6.45) is 1.27. The summed E-state index contributed by atoms with van der Waals surface area (Å²) in [7, 11) is -4.10. The SMILES string of the molecule is O=C(Nc1cc(F)c(F)c(F)c1)c1ccc(Cl)c(S(=O)(=O)[C@@H]2C3CCC2[C@@](O)(COCCO)C3)c1. The number of amides is 1. The molecular weight excluding hydrogens is 511 g/mol. The van der Waals surface area contributed by atoms with Crippen LogP contribution in [0.4, 0.5) is 18.9 Å². The van der Waals surface area contributed by atoms with E-state index in [4.69, 9.17) is 21.4 Å². The molecule has 3 N–H and O–H groups in total. The molecule has 2 bridgehead atoms. The van der Waals surface area contributed by atoms with Crippen LogP contribution < -0.4 is 5.32 Å². The van der Waals surface area contributed by atoms with Crippen LogP contribution in [0.5, 0.6) is 0 Å². The highest BCUT2D eigenvalue weighted by Crippen LogP contribution is 2.55. The van der Waals surface area contributed by atoms with Crippen LogP contribution in [0.1, 0.15) is 29.6 Å². The zero-order valence-electron chi connectivity index (χ0n) is 18.3. The molecule has 2 aliphatic rings. The van der Waals surface area contributed by atoms with E-state index in [-0.39, 0.29) is 53.3 Å². The number of rotatable bonds is 8. The van der Waals surface area contributed by atoms with Crippen LogP contribution in [-0.4, -0.2) is 55.2 Å². The fourth-order valence-corrected chi connectivity index (χ4v) is 8.16. The van der Waals surface area contributed by atoms with E-state index in [1.54, 1.807) is 0 Å². The van der Waals surface area contributed by atoms with Crippen molar-refractivity contribution in [3.05, 3.63) is 58.4 Å². The van der Waals surface area contributed by atoms with Crippen molar-refractivity contribution in [2.24, 2.45) is 11.8 Å². The molecule has 2 aromatic rings. The smallest absolute Gasteiger partial charge is 0.255 e. The lowest BCUT2D eigenvalue weighted by atomic mass is 9.85. The number of aliphatic hydroxyl groups excluding tert-OH is 1. The second-order valence-electron chi connectivity index (χ2n) is 8.89. The third-order valence-corrected chi connectivity index (χ3v) is 9.53. The van der Waals surface area contributed by atoms with E-state index in [0.29, 0.717) is 25.0 Å². The Morgan fingerprint density at radius 3 is 2.51 bits per heavy atom. The number of anilines is 1. The van der Waals surface area contributed by atoms with E-state index in [1.165, 1.54) is 12.1 Å². The molecule has 12 heteroatoms. The fraction of sp³-hybridized carbons (Fsp3) is 0.435. The van der Waals surface area contributed by atoms with Crippen LogP contribution in [0, 0.1) is 29.3 Å². The van der Waals surface area contributed by atoms with Crippen molar-refractivity contribution in [2.75, 3.05) is 25.1 Å². The summed E-state index contributed by atoms with van der Waals surface area (Å²) >= 11 is 6.21. The van der Waals surface area contributed by atoms with Crippen LogP contribution in [0.25, 0.3) is 0 Å². The van der Waals surface area contributed by atoms with Gasteiger partial charge < -0.3 is 20.3 Å². The molecule has 2 fully saturated rings. The van der Waals surface area contributed by atoms with Gasteiger partial charge in [-0.2, -0.15) is 0 Å². The highest BCUT2D eigenvalue weighted by Gasteiger charge is 2.61. The number of aliphatic hydroxyl groups is 2. The molecule has 4 rings (SSSR count). The molecule has 1 amide bonds. The Bertz CT molecular complexity index is 1240. The van der Waals surface area contributed by atoms with Crippen LogP contribution in [0.3, 0.4) is 0 Å². The minimum absolute atomic E-state index is 0.0158. The van der Waals surface area contributed by atoms with Gasteiger partial charge in [-0.25, -0.2) is 21.6 Å². The molecule has 0 aliphatic heterocycles. The van der Waals surface area contributed by atoms with Crippen molar-refractivity contribution in [1.29, 1.82) is 0 Å². The van der Waals surface area contributed by atoms with E-state index in [0.717, 1.165) is 6.07 Å². The normalized spacial score (nSPS) is 25.7. The Morgan fingerprint density at radius 2 is 1.86 bits per heavy atom. The number of sulfone groups is 1. The maximum Gasteiger partial charge on any atom is 0.255 e. The molecule has 4 atom stereocenters. The minimum atomic E-state index is -4.10. The molecule has 190 valence electrons. The molecule has 0 spiro atoms. The molecule has 7 nitrogen and oxygen atoms in total. The molecular formula is C23H23ClF3NO6S. The molecule has 0 heterocycles.